The summed E-state index contributed by atoms with van der Waals surface area (Å²) in [6.45, 7) is 3.34. The number of nitrogens with one attached hydrogen (secondary N) is 1. The number of sulfonamides is 1. The highest BCUT2D eigenvalue weighted by atomic mass is 32.2. The molecule has 2 aromatic carbocycles. The first-order valence-electron chi connectivity index (χ1n) is 8.36. The minimum absolute atomic E-state index is 0.0386. The Bertz CT molecular complexity index is 1190. The van der Waals surface area contributed by atoms with Gasteiger partial charge in [-0.2, -0.15) is 5.10 Å². The molecule has 3 rings (SSSR count). The summed E-state index contributed by atoms with van der Waals surface area (Å²) in [6.07, 6.45) is 4.04. The van der Waals surface area contributed by atoms with Crippen LogP contribution < -0.4 is 4.72 Å². The molecule has 0 aliphatic heterocycles. The van der Waals surface area contributed by atoms with Gasteiger partial charge in [-0.05, 0) is 49.2 Å². The lowest BCUT2D eigenvalue weighted by atomic mass is 10.1. The molecule has 1 atom stereocenters. The zero-order chi connectivity index (χ0) is 20.5. The summed E-state index contributed by atoms with van der Waals surface area (Å²) >= 11 is 0. The molecule has 1 unspecified atom stereocenters. The lowest BCUT2D eigenvalue weighted by molar-refractivity contribution is 0.566. The predicted octanol–water partition coefficient (Wildman–Crippen LogP) is 2.02. The summed E-state index contributed by atoms with van der Waals surface area (Å²) in [4.78, 5) is 3.80. The molecule has 0 saturated heterocycles. The summed E-state index contributed by atoms with van der Waals surface area (Å²) in [5, 5.41) is 4.04. The number of hydrogen-bond acceptors (Lipinski definition) is 6. The second-order valence-corrected chi connectivity index (χ2v) is 10.2. The van der Waals surface area contributed by atoms with Crippen LogP contribution in [0, 0.1) is 6.92 Å². The average molecular weight is 421 g/mol. The highest BCUT2D eigenvalue weighted by Crippen LogP contribution is 2.23. The molecule has 0 fully saturated rings. The lowest BCUT2D eigenvalue weighted by Crippen LogP contribution is -2.27. The van der Waals surface area contributed by atoms with E-state index in [-0.39, 0.29) is 9.79 Å². The number of aromatic nitrogens is 3. The molecule has 0 bridgehead atoms. The third-order valence-electron chi connectivity index (χ3n) is 4.29. The van der Waals surface area contributed by atoms with Gasteiger partial charge in [0.2, 0.25) is 10.0 Å². The van der Waals surface area contributed by atoms with Crippen molar-refractivity contribution in [1.29, 1.82) is 0 Å². The normalized spacial score (nSPS) is 13.4. The van der Waals surface area contributed by atoms with Crippen molar-refractivity contribution in [3.63, 3.8) is 0 Å². The molecule has 0 saturated carbocycles. The van der Waals surface area contributed by atoms with E-state index in [0.29, 0.717) is 5.56 Å². The zero-order valence-electron chi connectivity index (χ0n) is 15.6. The van der Waals surface area contributed by atoms with Crippen molar-refractivity contribution in [3.05, 3.63) is 66.2 Å². The molecule has 148 valence electrons. The Balaban J connectivity index is 1.86. The quantitative estimate of drug-likeness (QED) is 0.653. The highest BCUT2D eigenvalue weighted by molar-refractivity contribution is 7.91. The molecule has 0 radical (unpaired) electrons. The van der Waals surface area contributed by atoms with Gasteiger partial charge in [0.15, 0.2) is 9.84 Å². The van der Waals surface area contributed by atoms with Crippen molar-refractivity contribution in [3.8, 4) is 5.69 Å². The maximum Gasteiger partial charge on any atom is 0.241 e. The minimum atomic E-state index is -3.92. The first kappa shape index (κ1) is 20.2. The molecule has 0 aliphatic rings. The molecule has 10 heteroatoms. The SMILES string of the molecule is Cc1ccc(S(C)(=O)=O)cc1S(=O)(=O)NC(C)c1ccc(-n2cncn2)cc1. The Labute approximate surface area is 164 Å². The standard InChI is InChI=1S/C18H20N4O4S2/c1-13-4-9-17(27(3,23)24)10-18(13)28(25,26)21-14(2)15-5-7-16(8-6-15)22-12-19-11-20-22/h4-12,14,21H,1-3H3. The van der Waals surface area contributed by atoms with E-state index in [2.05, 4.69) is 14.8 Å². The number of hydrogen-bond donors (Lipinski definition) is 1. The summed E-state index contributed by atoms with van der Waals surface area (Å²) in [5.74, 6) is 0. The van der Waals surface area contributed by atoms with Gasteiger partial charge < -0.3 is 0 Å². The maximum absolute atomic E-state index is 12.8. The Hall–Kier alpha value is -2.56. The van der Waals surface area contributed by atoms with E-state index >= 15 is 0 Å². The Morgan fingerprint density at radius 2 is 1.71 bits per heavy atom. The first-order valence-corrected chi connectivity index (χ1v) is 11.7. The molecular weight excluding hydrogens is 400 g/mol. The molecule has 1 heterocycles. The van der Waals surface area contributed by atoms with E-state index in [1.165, 1.54) is 24.5 Å². The van der Waals surface area contributed by atoms with Crippen molar-refractivity contribution in [2.24, 2.45) is 0 Å². The fourth-order valence-corrected chi connectivity index (χ4v) is 4.95. The molecule has 3 aromatic rings. The van der Waals surface area contributed by atoms with Crippen LogP contribution in [-0.2, 0) is 19.9 Å². The monoisotopic (exact) mass is 420 g/mol. The van der Waals surface area contributed by atoms with Crippen LogP contribution in [0.5, 0.6) is 0 Å². The molecule has 28 heavy (non-hydrogen) atoms. The minimum Gasteiger partial charge on any atom is -0.224 e. The highest BCUT2D eigenvalue weighted by Gasteiger charge is 2.22. The summed E-state index contributed by atoms with van der Waals surface area (Å²) in [7, 11) is -7.43. The van der Waals surface area contributed by atoms with E-state index in [1.807, 2.05) is 12.1 Å². The van der Waals surface area contributed by atoms with Gasteiger partial charge in [-0.1, -0.05) is 18.2 Å². The Kier molecular flexibility index (Phi) is 5.37. The summed E-state index contributed by atoms with van der Waals surface area (Å²) in [5.41, 5.74) is 2.02. The molecule has 0 amide bonds. The number of benzene rings is 2. The van der Waals surface area contributed by atoms with Gasteiger partial charge in [-0.3, -0.25) is 0 Å². The Morgan fingerprint density at radius 1 is 1.04 bits per heavy atom. The molecule has 1 aromatic heterocycles. The zero-order valence-corrected chi connectivity index (χ0v) is 17.2. The molecular formula is C18H20N4O4S2. The second-order valence-electron chi connectivity index (χ2n) is 6.47. The van der Waals surface area contributed by atoms with Gasteiger partial charge in [0.05, 0.1) is 15.5 Å². The van der Waals surface area contributed by atoms with Crippen molar-refractivity contribution in [2.45, 2.75) is 29.7 Å². The number of aryl methyl sites for hydroxylation is 1. The summed E-state index contributed by atoms with van der Waals surface area (Å²) < 4.78 is 53.4. The third-order valence-corrected chi connectivity index (χ3v) is 7.08. The van der Waals surface area contributed by atoms with Crippen molar-refractivity contribution < 1.29 is 16.8 Å². The first-order chi connectivity index (χ1) is 13.1. The van der Waals surface area contributed by atoms with E-state index in [4.69, 9.17) is 0 Å². The lowest BCUT2D eigenvalue weighted by Gasteiger charge is -2.17. The van der Waals surface area contributed by atoms with Crippen LogP contribution in [-0.4, -0.2) is 37.9 Å². The topological polar surface area (TPSA) is 111 Å². The Morgan fingerprint density at radius 3 is 2.29 bits per heavy atom. The van der Waals surface area contributed by atoms with E-state index in [1.54, 1.807) is 37.0 Å². The maximum atomic E-state index is 12.8. The van der Waals surface area contributed by atoms with Crippen molar-refractivity contribution in [2.75, 3.05) is 6.26 Å². The number of rotatable bonds is 6. The summed E-state index contributed by atoms with van der Waals surface area (Å²) in [6, 6.07) is 10.8. The van der Waals surface area contributed by atoms with Crippen LogP contribution in [0.15, 0.2) is 64.9 Å². The molecule has 0 aliphatic carbocycles. The van der Waals surface area contributed by atoms with Crippen molar-refractivity contribution in [1.82, 2.24) is 19.5 Å². The van der Waals surface area contributed by atoms with Gasteiger partial charge in [0.25, 0.3) is 0 Å². The van der Waals surface area contributed by atoms with E-state index < -0.39 is 25.9 Å². The van der Waals surface area contributed by atoms with Crippen LogP contribution >= 0.6 is 0 Å². The second kappa shape index (κ2) is 7.46. The molecule has 0 spiro atoms. The van der Waals surface area contributed by atoms with Gasteiger partial charge in [0, 0.05) is 12.3 Å². The van der Waals surface area contributed by atoms with Crippen LogP contribution in [0.25, 0.3) is 5.69 Å². The smallest absolute Gasteiger partial charge is 0.224 e. The van der Waals surface area contributed by atoms with E-state index in [9.17, 15) is 16.8 Å². The average Bonchev–Trinajstić information content (AvgIpc) is 3.15. The molecule has 1 N–H and O–H groups in total. The fourth-order valence-electron chi connectivity index (χ4n) is 2.72. The number of nitrogens with zero attached hydrogens (tertiary/aromatic N) is 3. The predicted molar refractivity (Wildman–Crippen MR) is 104 cm³/mol. The van der Waals surface area contributed by atoms with Gasteiger partial charge in [-0.15, -0.1) is 0 Å². The fraction of sp³-hybridized carbons (Fsp3) is 0.222. The van der Waals surface area contributed by atoms with Crippen molar-refractivity contribution >= 4 is 19.9 Å². The molecule has 8 nitrogen and oxygen atoms in total. The third kappa shape index (κ3) is 4.29. The van der Waals surface area contributed by atoms with Gasteiger partial charge in [0.1, 0.15) is 12.7 Å². The van der Waals surface area contributed by atoms with Crippen LogP contribution in [0.2, 0.25) is 0 Å². The largest absolute Gasteiger partial charge is 0.241 e. The van der Waals surface area contributed by atoms with Gasteiger partial charge in [-0.25, -0.2) is 31.2 Å². The van der Waals surface area contributed by atoms with Crippen LogP contribution in [0.1, 0.15) is 24.1 Å². The van der Waals surface area contributed by atoms with E-state index in [0.717, 1.165) is 17.5 Å². The number of sulfone groups is 1. The van der Waals surface area contributed by atoms with Crippen LogP contribution in [0.3, 0.4) is 0 Å². The van der Waals surface area contributed by atoms with Crippen LogP contribution in [0.4, 0.5) is 0 Å². The van der Waals surface area contributed by atoms with Gasteiger partial charge >= 0.3 is 0 Å².